The molecule has 3 N–H and O–H groups in total. The van der Waals surface area contributed by atoms with E-state index in [9.17, 15) is 13.6 Å². The van der Waals surface area contributed by atoms with Crippen LogP contribution in [-0.4, -0.2) is 28.7 Å². The number of aromatic nitrogens is 2. The number of carbonyl (C=O) groups is 1. The van der Waals surface area contributed by atoms with Crippen molar-refractivity contribution >= 4 is 46.5 Å². The van der Waals surface area contributed by atoms with Gasteiger partial charge in [-0.15, -0.1) is 11.8 Å². The lowest BCUT2D eigenvalue weighted by molar-refractivity contribution is -0.113. The van der Waals surface area contributed by atoms with E-state index in [1.807, 2.05) is 6.07 Å². The highest BCUT2D eigenvalue weighted by molar-refractivity contribution is 8.00. The molecule has 0 radical (unpaired) electrons. The van der Waals surface area contributed by atoms with Gasteiger partial charge in [-0.3, -0.25) is 4.79 Å². The van der Waals surface area contributed by atoms with Crippen molar-refractivity contribution in [3.63, 3.8) is 0 Å². The molecule has 0 saturated heterocycles. The van der Waals surface area contributed by atoms with E-state index in [1.54, 1.807) is 18.2 Å². The molecule has 4 rings (SSSR count). The molecule has 0 spiro atoms. The summed E-state index contributed by atoms with van der Waals surface area (Å²) in [5.74, 6) is -0.811. The van der Waals surface area contributed by atoms with Crippen LogP contribution in [-0.2, 0) is 4.79 Å². The summed E-state index contributed by atoms with van der Waals surface area (Å²) in [5, 5.41) is 8.47. The van der Waals surface area contributed by atoms with Gasteiger partial charge in [-0.25, -0.2) is 13.8 Å². The molecule has 0 atom stereocenters. The number of hydrogen-bond acceptors (Lipinski definition) is 7. The maximum absolute atomic E-state index is 14.2. The average molecular weight is 415 g/mol. The van der Waals surface area contributed by atoms with Crippen molar-refractivity contribution in [1.29, 1.82) is 0 Å². The van der Waals surface area contributed by atoms with Crippen LogP contribution in [0, 0.1) is 11.6 Å². The van der Waals surface area contributed by atoms with Gasteiger partial charge in [0.05, 0.1) is 24.7 Å². The van der Waals surface area contributed by atoms with E-state index in [1.165, 1.54) is 31.0 Å². The number of benzene rings is 2. The van der Waals surface area contributed by atoms with Gasteiger partial charge in [0.2, 0.25) is 11.9 Å². The molecule has 1 aromatic heterocycles. The van der Waals surface area contributed by atoms with E-state index in [-0.39, 0.29) is 23.4 Å². The molecule has 3 aromatic rings. The smallest absolute Gasteiger partial charge is 0.234 e. The molecule has 7 nitrogen and oxygen atoms in total. The maximum Gasteiger partial charge on any atom is 0.234 e. The first-order valence-corrected chi connectivity index (χ1v) is 9.47. The van der Waals surface area contributed by atoms with Crippen molar-refractivity contribution in [2.75, 3.05) is 28.8 Å². The van der Waals surface area contributed by atoms with Crippen LogP contribution in [0.3, 0.4) is 0 Å². The highest BCUT2D eigenvalue weighted by Gasteiger charge is 2.16. The minimum Gasteiger partial charge on any atom is -0.494 e. The third kappa shape index (κ3) is 4.21. The number of amides is 1. The van der Waals surface area contributed by atoms with E-state index in [2.05, 4.69) is 25.9 Å². The van der Waals surface area contributed by atoms with E-state index in [4.69, 9.17) is 4.74 Å². The van der Waals surface area contributed by atoms with Crippen LogP contribution in [0.15, 0.2) is 47.5 Å². The fourth-order valence-electron chi connectivity index (χ4n) is 2.69. The highest BCUT2D eigenvalue weighted by Crippen LogP contribution is 2.34. The fraction of sp³-hybridized carbons (Fsp3) is 0.105. The summed E-state index contributed by atoms with van der Waals surface area (Å²) in [5.41, 5.74) is 1.58. The van der Waals surface area contributed by atoms with Gasteiger partial charge < -0.3 is 20.7 Å². The van der Waals surface area contributed by atoms with Gasteiger partial charge in [-0.05, 0) is 30.3 Å². The van der Waals surface area contributed by atoms with Crippen LogP contribution in [0.4, 0.5) is 37.6 Å². The number of hydrogen-bond donors (Lipinski definition) is 3. The number of thioether (sulfide) groups is 1. The van der Waals surface area contributed by atoms with Crippen molar-refractivity contribution < 1.29 is 18.3 Å². The lowest BCUT2D eigenvalue weighted by Gasteiger charge is -2.17. The van der Waals surface area contributed by atoms with Gasteiger partial charge >= 0.3 is 0 Å². The van der Waals surface area contributed by atoms with Crippen LogP contribution >= 0.6 is 11.8 Å². The number of methoxy groups -OCH3 is 1. The Hall–Kier alpha value is -3.40. The molecule has 1 amide bonds. The molecule has 148 valence electrons. The summed E-state index contributed by atoms with van der Waals surface area (Å²) in [6.45, 7) is 0. The number of carbonyl (C=O) groups excluding carboxylic acids is 1. The minimum atomic E-state index is -0.660. The zero-order chi connectivity index (χ0) is 20.4. The molecule has 0 fully saturated rings. The molecule has 10 heteroatoms. The van der Waals surface area contributed by atoms with Crippen LogP contribution < -0.4 is 20.7 Å². The van der Waals surface area contributed by atoms with Crippen molar-refractivity contribution in [3.05, 3.63) is 54.2 Å². The lowest BCUT2D eigenvalue weighted by atomic mass is 10.2. The summed E-state index contributed by atoms with van der Waals surface area (Å²) < 4.78 is 32.9. The monoisotopic (exact) mass is 415 g/mol. The number of anilines is 5. The Morgan fingerprint density at radius 1 is 1.10 bits per heavy atom. The van der Waals surface area contributed by atoms with Crippen molar-refractivity contribution in [3.8, 4) is 5.75 Å². The van der Waals surface area contributed by atoms with Gasteiger partial charge in [-0.1, -0.05) is 0 Å². The Balaban J connectivity index is 1.55. The zero-order valence-corrected chi connectivity index (χ0v) is 15.9. The van der Waals surface area contributed by atoms with Crippen molar-refractivity contribution in [2.45, 2.75) is 4.90 Å². The standard InChI is InChI=1S/C19H15F2N5O2S/c1-28-15-4-2-10(6-12(15)20)24-19-22-8-13(21)18(26-19)23-11-3-5-16-14(7-11)25-17(27)9-29-16/h2-8H,9H2,1H3,(H,25,27)(H2,22,23,24,26). The molecule has 29 heavy (non-hydrogen) atoms. The Bertz CT molecular complexity index is 1100. The predicted molar refractivity (Wildman–Crippen MR) is 107 cm³/mol. The summed E-state index contributed by atoms with van der Waals surface area (Å²) >= 11 is 1.43. The first-order chi connectivity index (χ1) is 14.0. The van der Waals surface area contributed by atoms with E-state index in [0.29, 0.717) is 22.8 Å². The molecular formula is C19H15F2N5O2S. The Labute approximate surface area is 168 Å². The molecule has 0 bridgehead atoms. The predicted octanol–water partition coefficient (Wildman–Crippen LogP) is 4.29. The first-order valence-electron chi connectivity index (χ1n) is 8.48. The Morgan fingerprint density at radius 3 is 2.69 bits per heavy atom. The average Bonchev–Trinajstić information content (AvgIpc) is 2.70. The van der Waals surface area contributed by atoms with Crippen molar-refractivity contribution in [2.24, 2.45) is 0 Å². The zero-order valence-electron chi connectivity index (χ0n) is 15.1. The number of ether oxygens (including phenoxy) is 1. The molecule has 1 aliphatic rings. The van der Waals surface area contributed by atoms with Gasteiger partial charge in [0.25, 0.3) is 0 Å². The molecule has 2 aromatic carbocycles. The van der Waals surface area contributed by atoms with E-state index < -0.39 is 11.6 Å². The lowest BCUT2D eigenvalue weighted by Crippen LogP contribution is -2.18. The molecule has 1 aliphatic heterocycles. The van der Waals surface area contributed by atoms with E-state index >= 15 is 0 Å². The molecule has 2 heterocycles. The van der Waals surface area contributed by atoms with Crippen molar-refractivity contribution in [1.82, 2.24) is 9.97 Å². The number of rotatable bonds is 5. The Morgan fingerprint density at radius 2 is 1.90 bits per heavy atom. The van der Waals surface area contributed by atoms with Gasteiger partial charge in [0.15, 0.2) is 23.2 Å². The topological polar surface area (TPSA) is 88.2 Å². The second kappa shape index (κ2) is 7.92. The summed E-state index contributed by atoms with van der Waals surface area (Å²) in [7, 11) is 1.37. The van der Waals surface area contributed by atoms with Crippen LogP contribution in [0.25, 0.3) is 0 Å². The SMILES string of the molecule is COc1ccc(Nc2ncc(F)c(Nc3ccc4c(c3)NC(=O)CS4)n2)cc1F. The molecule has 0 aliphatic carbocycles. The molecule has 0 unspecified atom stereocenters. The van der Waals surface area contributed by atoms with E-state index in [0.717, 1.165) is 11.1 Å². The molecular weight excluding hydrogens is 400 g/mol. The highest BCUT2D eigenvalue weighted by atomic mass is 32.2. The van der Waals surface area contributed by atoms with Gasteiger partial charge in [0, 0.05) is 22.3 Å². The largest absolute Gasteiger partial charge is 0.494 e. The summed E-state index contributed by atoms with van der Waals surface area (Å²) in [6, 6.07) is 9.57. The number of nitrogens with zero attached hydrogens (tertiary/aromatic N) is 2. The number of halogens is 2. The maximum atomic E-state index is 14.2. The van der Waals surface area contributed by atoms with Gasteiger partial charge in [0.1, 0.15) is 0 Å². The van der Waals surface area contributed by atoms with Gasteiger partial charge in [-0.2, -0.15) is 4.98 Å². The second-order valence-electron chi connectivity index (χ2n) is 6.04. The fourth-order valence-corrected chi connectivity index (χ4v) is 3.47. The first kappa shape index (κ1) is 18.9. The minimum absolute atomic E-state index is 0.0637. The third-order valence-corrected chi connectivity index (χ3v) is 5.10. The van der Waals surface area contributed by atoms with Crippen LogP contribution in [0.5, 0.6) is 5.75 Å². The summed E-state index contributed by atoms with van der Waals surface area (Å²) in [6.07, 6.45) is 1.01. The quantitative estimate of drug-likeness (QED) is 0.573. The number of nitrogens with one attached hydrogen (secondary N) is 3. The number of fused-ring (bicyclic) bond motifs is 1. The van der Waals surface area contributed by atoms with Crippen LogP contribution in [0.2, 0.25) is 0 Å². The normalized spacial score (nSPS) is 12.7. The second-order valence-corrected chi connectivity index (χ2v) is 7.05. The third-order valence-electron chi connectivity index (χ3n) is 4.03. The van der Waals surface area contributed by atoms with Crippen LogP contribution in [0.1, 0.15) is 0 Å². The molecule has 0 saturated carbocycles. The summed E-state index contributed by atoms with van der Waals surface area (Å²) in [4.78, 5) is 20.5. The Kier molecular flexibility index (Phi) is 5.17.